The second-order valence-corrected chi connectivity index (χ2v) is 3.66. The summed E-state index contributed by atoms with van der Waals surface area (Å²) in [6.07, 6.45) is -4.53. The van der Waals surface area contributed by atoms with Crippen LogP contribution in [0, 0.1) is 0 Å². The Bertz CT molecular complexity index is 261. The molecular weight excluding hydrogens is 222 g/mol. The van der Waals surface area contributed by atoms with E-state index in [1.807, 2.05) is 0 Å². The smallest absolute Gasteiger partial charge is 0.317 e. The zero-order valence-corrected chi connectivity index (χ0v) is 8.41. The molecule has 0 amide bonds. The van der Waals surface area contributed by atoms with Crippen molar-refractivity contribution in [1.82, 2.24) is 5.32 Å². The molecule has 0 aromatic heterocycles. The number of carbonyl (C=O) groups is 1. The van der Waals surface area contributed by atoms with Crippen LogP contribution >= 0.6 is 0 Å². The summed E-state index contributed by atoms with van der Waals surface area (Å²) in [5, 5.41) is 48.3. The summed E-state index contributed by atoms with van der Waals surface area (Å²) in [5.41, 5.74) is 0. The minimum absolute atomic E-state index is 0.344. The second-order valence-electron chi connectivity index (χ2n) is 3.66. The molecule has 8 nitrogen and oxygen atoms in total. The van der Waals surface area contributed by atoms with Gasteiger partial charge in [0.2, 0.25) is 5.79 Å². The van der Waals surface area contributed by atoms with Crippen molar-refractivity contribution in [2.75, 3.05) is 19.7 Å². The Hall–Kier alpha value is -0.770. The van der Waals surface area contributed by atoms with E-state index in [-0.39, 0.29) is 13.2 Å². The van der Waals surface area contributed by atoms with Gasteiger partial charge in [-0.1, -0.05) is 0 Å². The van der Waals surface area contributed by atoms with Crippen LogP contribution in [0.3, 0.4) is 0 Å². The van der Waals surface area contributed by atoms with E-state index in [0.717, 1.165) is 0 Å². The minimum atomic E-state index is -2.10. The average molecular weight is 237 g/mol. The lowest BCUT2D eigenvalue weighted by Crippen LogP contribution is -2.64. The average Bonchev–Trinajstić information content (AvgIpc) is 2.21. The molecule has 1 unspecified atom stereocenters. The van der Waals surface area contributed by atoms with Gasteiger partial charge in [0.15, 0.2) is 0 Å². The Morgan fingerprint density at radius 1 is 1.44 bits per heavy atom. The number of aliphatic carboxylic acids is 1. The first-order valence-electron chi connectivity index (χ1n) is 4.70. The van der Waals surface area contributed by atoms with E-state index in [1.165, 1.54) is 0 Å². The van der Waals surface area contributed by atoms with E-state index in [9.17, 15) is 20.1 Å². The molecule has 1 fully saturated rings. The van der Waals surface area contributed by atoms with Crippen LogP contribution in [0.5, 0.6) is 0 Å². The van der Waals surface area contributed by atoms with Gasteiger partial charge in [-0.15, -0.1) is 0 Å². The fourth-order valence-electron chi connectivity index (χ4n) is 1.40. The number of hydrogen-bond acceptors (Lipinski definition) is 7. The van der Waals surface area contributed by atoms with E-state index in [2.05, 4.69) is 5.32 Å². The first-order chi connectivity index (χ1) is 7.37. The van der Waals surface area contributed by atoms with E-state index in [1.54, 1.807) is 0 Å². The summed E-state index contributed by atoms with van der Waals surface area (Å²) in [6, 6.07) is 0. The van der Waals surface area contributed by atoms with Crippen LogP contribution < -0.4 is 5.32 Å². The molecule has 1 aliphatic heterocycles. The SMILES string of the molecule is O=C(O)CNCC1(O)OC[C@@H](O)[C@@H](O)[C@@H]1O. The third-order valence-corrected chi connectivity index (χ3v) is 2.34. The van der Waals surface area contributed by atoms with Crippen LogP contribution in [0.4, 0.5) is 0 Å². The van der Waals surface area contributed by atoms with E-state index >= 15 is 0 Å². The Kier molecular flexibility index (Phi) is 4.19. The monoisotopic (exact) mass is 237 g/mol. The van der Waals surface area contributed by atoms with Gasteiger partial charge >= 0.3 is 5.97 Å². The van der Waals surface area contributed by atoms with Gasteiger partial charge in [-0.3, -0.25) is 4.79 Å². The maximum Gasteiger partial charge on any atom is 0.317 e. The zero-order chi connectivity index (χ0) is 12.3. The fourth-order valence-corrected chi connectivity index (χ4v) is 1.40. The molecule has 0 bridgehead atoms. The number of rotatable bonds is 4. The second kappa shape index (κ2) is 5.04. The van der Waals surface area contributed by atoms with E-state index in [4.69, 9.17) is 14.9 Å². The van der Waals surface area contributed by atoms with Crippen molar-refractivity contribution < 1.29 is 35.1 Å². The van der Waals surface area contributed by atoms with Crippen LogP contribution in [0.15, 0.2) is 0 Å². The van der Waals surface area contributed by atoms with Crippen molar-refractivity contribution in [2.24, 2.45) is 0 Å². The number of carboxylic acids is 1. The van der Waals surface area contributed by atoms with Crippen LogP contribution in [-0.4, -0.2) is 75.3 Å². The van der Waals surface area contributed by atoms with Gasteiger partial charge < -0.3 is 35.6 Å². The summed E-state index contributed by atoms with van der Waals surface area (Å²) in [4.78, 5) is 10.2. The fraction of sp³-hybridized carbons (Fsp3) is 0.875. The van der Waals surface area contributed by atoms with Crippen LogP contribution in [0.25, 0.3) is 0 Å². The van der Waals surface area contributed by atoms with Crippen molar-refractivity contribution in [2.45, 2.75) is 24.1 Å². The van der Waals surface area contributed by atoms with Crippen LogP contribution in [-0.2, 0) is 9.53 Å². The molecule has 1 saturated heterocycles. The molecule has 0 aromatic rings. The molecule has 0 aliphatic carbocycles. The summed E-state index contributed by atoms with van der Waals surface area (Å²) >= 11 is 0. The van der Waals surface area contributed by atoms with Crippen molar-refractivity contribution in [1.29, 1.82) is 0 Å². The molecule has 1 heterocycles. The molecule has 4 atom stereocenters. The van der Waals surface area contributed by atoms with Crippen LogP contribution in [0.1, 0.15) is 0 Å². The van der Waals surface area contributed by atoms with Gasteiger partial charge in [0, 0.05) is 0 Å². The highest BCUT2D eigenvalue weighted by Gasteiger charge is 2.48. The first kappa shape index (κ1) is 13.3. The Morgan fingerprint density at radius 2 is 2.06 bits per heavy atom. The van der Waals surface area contributed by atoms with Gasteiger partial charge in [-0.05, 0) is 0 Å². The lowest BCUT2D eigenvalue weighted by atomic mass is 9.97. The molecule has 0 aromatic carbocycles. The third kappa shape index (κ3) is 2.88. The van der Waals surface area contributed by atoms with Crippen molar-refractivity contribution in [3.63, 3.8) is 0 Å². The van der Waals surface area contributed by atoms with Crippen LogP contribution in [0.2, 0.25) is 0 Å². The molecule has 16 heavy (non-hydrogen) atoms. The number of ether oxygens (including phenoxy) is 1. The topological polar surface area (TPSA) is 139 Å². The number of nitrogens with one attached hydrogen (secondary N) is 1. The summed E-state index contributed by atoms with van der Waals surface area (Å²) in [6.45, 7) is -1.13. The van der Waals surface area contributed by atoms with E-state index in [0.29, 0.717) is 0 Å². The quantitative estimate of drug-likeness (QED) is 0.295. The molecule has 1 rings (SSSR count). The maximum atomic E-state index is 10.2. The Labute approximate surface area is 91.1 Å². The lowest BCUT2D eigenvalue weighted by Gasteiger charge is -2.41. The number of carboxylic acid groups (broad SMARTS) is 1. The zero-order valence-electron chi connectivity index (χ0n) is 8.41. The molecule has 8 heteroatoms. The van der Waals surface area contributed by atoms with Gasteiger partial charge in [-0.25, -0.2) is 0 Å². The predicted molar refractivity (Wildman–Crippen MR) is 49.4 cm³/mol. The normalized spacial score (nSPS) is 39.6. The number of aliphatic hydroxyl groups is 4. The van der Waals surface area contributed by atoms with Crippen molar-refractivity contribution in [3.8, 4) is 0 Å². The molecule has 0 spiro atoms. The molecular formula is C8H15NO7. The maximum absolute atomic E-state index is 10.2. The van der Waals surface area contributed by atoms with Crippen molar-refractivity contribution >= 4 is 5.97 Å². The highest BCUT2D eigenvalue weighted by atomic mass is 16.6. The molecule has 0 radical (unpaired) electrons. The molecule has 0 saturated carbocycles. The summed E-state index contributed by atoms with van der Waals surface area (Å²) < 4.78 is 4.78. The lowest BCUT2D eigenvalue weighted by molar-refractivity contribution is -0.317. The summed E-state index contributed by atoms with van der Waals surface area (Å²) in [7, 11) is 0. The van der Waals surface area contributed by atoms with Gasteiger partial charge in [0.1, 0.15) is 18.3 Å². The van der Waals surface area contributed by atoms with Crippen molar-refractivity contribution in [3.05, 3.63) is 0 Å². The minimum Gasteiger partial charge on any atom is -0.480 e. The predicted octanol–water partition coefficient (Wildman–Crippen LogP) is -3.54. The highest BCUT2D eigenvalue weighted by Crippen LogP contribution is 2.23. The molecule has 6 N–H and O–H groups in total. The first-order valence-corrected chi connectivity index (χ1v) is 4.70. The summed E-state index contributed by atoms with van der Waals surface area (Å²) in [5.74, 6) is -3.23. The van der Waals surface area contributed by atoms with Gasteiger partial charge in [-0.2, -0.15) is 0 Å². The largest absolute Gasteiger partial charge is 0.480 e. The Morgan fingerprint density at radius 3 is 2.62 bits per heavy atom. The molecule has 1 aliphatic rings. The number of aliphatic hydroxyl groups excluding tert-OH is 3. The van der Waals surface area contributed by atoms with E-state index < -0.39 is 36.6 Å². The third-order valence-electron chi connectivity index (χ3n) is 2.34. The standard InChI is InChI=1S/C8H15NO7/c10-4-2-16-8(15,7(14)6(4)13)3-9-1-5(11)12/h4,6-7,9-10,13-15H,1-3H2,(H,11,12)/t4-,6-,7+,8?/m1/s1. The molecule has 94 valence electrons. The Balaban J connectivity index is 2.52. The highest BCUT2D eigenvalue weighted by molar-refractivity contribution is 5.68. The van der Waals surface area contributed by atoms with Gasteiger partial charge in [0.05, 0.1) is 19.7 Å². The number of hydrogen-bond donors (Lipinski definition) is 6. The van der Waals surface area contributed by atoms with Gasteiger partial charge in [0.25, 0.3) is 0 Å².